The number of phenolic OH excluding ortho intramolecular Hbond substituents is 1. The van der Waals surface area contributed by atoms with Crippen LogP contribution < -0.4 is 20.1 Å². The Morgan fingerprint density at radius 1 is 1.04 bits per heavy atom. The summed E-state index contributed by atoms with van der Waals surface area (Å²) >= 11 is 0. The van der Waals surface area contributed by atoms with Gasteiger partial charge in [-0.3, -0.25) is 4.79 Å². The molecule has 10 nitrogen and oxygen atoms in total. The van der Waals surface area contributed by atoms with Crippen LogP contribution in [0.1, 0.15) is 68.2 Å². The Kier molecular flexibility index (Phi) is 10.9. The fourth-order valence-electron chi connectivity index (χ4n) is 8.91. The van der Waals surface area contributed by atoms with Crippen molar-refractivity contribution in [2.75, 3.05) is 57.9 Å². The molecular weight excluding hydrogens is 646 g/mol. The van der Waals surface area contributed by atoms with Gasteiger partial charge in [0.15, 0.2) is 6.61 Å². The molecular formula is C41H54N3O7+. The second kappa shape index (κ2) is 15.5. The van der Waals surface area contributed by atoms with E-state index in [-0.39, 0.29) is 42.9 Å². The van der Waals surface area contributed by atoms with Gasteiger partial charge in [-0.2, -0.15) is 0 Å². The van der Waals surface area contributed by atoms with Crippen LogP contribution in [0.2, 0.25) is 0 Å². The van der Waals surface area contributed by atoms with Crippen molar-refractivity contribution in [2.45, 2.75) is 75.7 Å². The lowest BCUT2D eigenvalue weighted by molar-refractivity contribution is -0.946. The first-order chi connectivity index (χ1) is 24.7. The number of rotatable bonds is 15. The van der Waals surface area contributed by atoms with E-state index in [2.05, 4.69) is 41.8 Å². The molecule has 4 heterocycles. The lowest BCUT2D eigenvalue weighted by atomic mass is 9.80. The van der Waals surface area contributed by atoms with Crippen molar-refractivity contribution in [3.05, 3.63) is 83.4 Å². The monoisotopic (exact) mass is 700 g/mol. The van der Waals surface area contributed by atoms with Crippen LogP contribution >= 0.6 is 0 Å². The van der Waals surface area contributed by atoms with Gasteiger partial charge in [-0.25, -0.2) is 0 Å². The molecule has 1 aliphatic carbocycles. The predicted octanol–water partition coefficient (Wildman–Crippen LogP) is 5.06. The molecule has 0 spiro atoms. The maximum atomic E-state index is 12.0. The summed E-state index contributed by atoms with van der Waals surface area (Å²) in [6.07, 6.45) is 6.82. The highest BCUT2D eigenvalue weighted by molar-refractivity contribution is 5.96. The molecule has 4 atom stereocenters. The number of benzene rings is 3. The Hall–Kier alpha value is -3.67. The van der Waals surface area contributed by atoms with Gasteiger partial charge in [0.1, 0.15) is 48.6 Å². The van der Waals surface area contributed by atoms with Crippen LogP contribution in [0.3, 0.4) is 0 Å². The number of carbonyl (C=O) groups is 1. The molecule has 51 heavy (non-hydrogen) atoms. The molecule has 4 aliphatic heterocycles. The number of aliphatic hydroxyl groups is 2. The first kappa shape index (κ1) is 35.7. The number of nitrogens with one attached hydrogen (secondary N) is 2. The van der Waals surface area contributed by atoms with Crippen LogP contribution in [0.5, 0.6) is 17.2 Å². The minimum Gasteiger partial charge on any atom is -0.508 e. The molecule has 5 aliphatic rings. The third kappa shape index (κ3) is 8.21. The molecule has 0 aromatic heterocycles. The molecule has 0 radical (unpaired) electrons. The summed E-state index contributed by atoms with van der Waals surface area (Å²) in [6, 6.07) is 21.4. The standard InChI is InChI=1S/C41H53N3O7/c1-28(42-24-37(46)35-22-33(45)23-36-40(35)50-26-39(47)43-36)21-29-11-13-34(14-12-29)49-20-19-44-17-15-30(16-18-44)38(25-44)51-27-41(48,32-9-5-6-10-32)31-7-3-2-4-8-31/h2-4,7-8,11-14,22-23,28,30,32,37-38,42,46,48H,5-6,9-10,15-21,24-27H2,1H3,(H-,43,45,47)/p+1/t28-,30?,37+,38+,41-,44?/m1/s1. The lowest BCUT2D eigenvalue weighted by Crippen LogP contribution is -2.65. The van der Waals surface area contributed by atoms with Crippen molar-refractivity contribution >= 4 is 11.6 Å². The molecule has 10 heteroatoms. The third-order valence-electron chi connectivity index (χ3n) is 11.9. The fraction of sp³-hybridized carbons (Fsp3) is 0.537. The van der Waals surface area contributed by atoms with E-state index in [1.807, 2.05) is 30.3 Å². The second-order valence-corrected chi connectivity index (χ2v) is 15.4. The van der Waals surface area contributed by atoms with E-state index in [1.54, 1.807) is 0 Å². The molecule has 1 saturated carbocycles. The molecule has 3 saturated heterocycles. The van der Waals surface area contributed by atoms with E-state index in [4.69, 9.17) is 14.2 Å². The van der Waals surface area contributed by atoms with Gasteiger partial charge < -0.3 is 44.6 Å². The number of ether oxygens (including phenoxy) is 3. The molecule has 1 amide bonds. The number of anilines is 1. The van der Waals surface area contributed by atoms with Gasteiger partial charge in [-0.15, -0.1) is 0 Å². The number of aliphatic hydroxyl groups excluding tert-OH is 1. The summed E-state index contributed by atoms with van der Waals surface area (Å²) in [5.74, 6) is 1.72. The SMILES string of the molecule is C[C@H](Cc1ccc(OCC[N+]23CCC(CC2)[C@@H](OC[C@@](O)(c2ccccc2)C2CCCC2)C3)cc1)NC[C@H](O)c1cc(O)cc2c1OCC(=O)N2. The lowest BCUT2D eigenvalue weighted by Gasteiger charge is -2.52. The number of piperidine rings is 3. The molecule has 274 valence electrons. The van der Waals surface area contributed by atoms with Crippen molar-refractivity contribution in [1.82, 2.24) is 5.32 Å². The number of fused-ring (bicyclic) bond motifs is 4. The smallest absolute Gasteiger partial charge is 0.262 e. The Bertz CT molecular complexity index is 1620. The van der Waals surface area contributed by atoms with Crippen LogP contribution in [-0.2, 0) is 21.6 Å². The van der Waals surface area contributed by atoms with Crippen molar-refractivity contribution in [1.29, 1.82) is 0 Å². The van der Waals surface area contributed by atoms with E-state index in [1.165, 1.54) is 25.0 Å². The van der Waals surface area contributed by atoms with Crippen LogP contribution in [0.25, 0.3) is 0 Å². The van der Waals surface area contributed by atoms with E-state index >= 15 is 0 Å². The number of amides is 1. The van der Waals surface area contributed by atoms with Crippen LogP contribution in [-0.4, -0.2) is 90.4 Å². The Labute approximate surface area is 301 Å². The topological polar surface area (TPSA) is 130 Å². The van der Waals surface area contributed by atoms with E-state index in [0.717, 1.165) is 79.6 Å². The van der Waals surface area contributed by atoms with Gasteiger partial charge >= 0.3 is 0 Å². The number of quaternary nitrogens is 1. The Balaban J connectivity index is 0.872. The maximum absolute atomic E-state index is 12.0. The van der Waals surface area contributed by atoms with Crippen molar-refractivity contribution in [3.63, 3.8) is 0 Å². The van der Waals surface area contributed by atoms with Gasteiger partial charge in [0.05, 0.1) is 31.5 Å². The summed E-state index contributed by atoms with van der Waals surface area (Å²) in [7, 11) is 0. The fourth-order valence-corrected chi connectivity index (χ4v) is 8.91. The normalized spacial score (nSPS) is 25.4. The molecule has 2 bridgehead atoms. The van der Waals surface area contributed by atoms with Crippen molar-refractivity contribution in [2.24, 2.45) is 11.8 Å². The first-order valence-corrected chi connectivity index (χ1v) is 18.9. The highest BCUT2D eigenvalue weighted by Gasteiger charge is 2.48. The van der Waals surface area contributed by atoms with Crippen molar-refractivity contribution < 1.29 is 38.8 Å². The van der Waals surface area contributed by atoms with Crippen molar-refractivity contribution in [3.8, 4) is 17.2 Å². The molecule has 8 rings (SSSR count). The number of hydrogen-bond donors (Lipinski definition) is 5. The predicted molar refractivity (Wildman–Crippen MR) is 195 cm³/mol. The summed E-state index contributed by atoms with van der Waals surface area (Å²) in [5.41, 5.74) is 2.01. The zero-order valence-electron chi connectivity index (χ0n) is 29.8. The van der Waals surface area contributed by atoms with E-state index in [9.17, 15) is 20.1 Å². The summed E-state index contributed by atoms with van der Waals surface area (Å²) < 4.78 is 19.6. The molecule has 3 aromatic rings. The molecule has 0 unspecified atom stereocenters. The average Bonchev–Trinajstić information content (AvgIpc) is 3.70. The Morgan fingerprint density at radius 2 is 1.78 bits per heavy atom. The van der Waals surface area contributed by atoms with Gasteiger partial charge in [-0.05, 0) is 61.4 Å². The summed E-state index contributed by atoms with van der Waals surface area (Å²) in [4.78, 5) is 11.7. The van der Waals surface area contributed by atoms with Gasteiger partial charge in [0.2, 0.25) is 0 Å². The molecule has 3 aromatic carbocycles. The third-order valence-corrected chi connectivity index (χ3v) is 11.9. The molecule has 4 fully saturated rings. The van der Waals surface area contributed by atoms with Crippen LogP contribution in [0.4, 0.5) is 5.69 Å². The minimum atomic E-state index is -0.928. The highest BCUT2D eigenvalue weighted by Crippen LogP contribution is 2.43. The van der Waals surface area contributed by atoms with E-state index < -0.39 is 11.7 Å². The number of hydrogen-bond acceptors (Lipinski definition) is 8. The molecule has 5 N–H and O–H groups in total. The van der Waals surface area contributed by atoms with Crippen LogP contribution in [0.15, 0.2) is 66.7 Å². The summed E-state index contributed by atoms with van der Waals surface area (Å²) in [5, 5.41) is 39.1. The number of nitrogens with zero attached hydrogens (tertiary/aromatic N) is 1. The first-order valence-electron chi connectivity index (χ1n) is 18.9. The largest absolute Gasteiger partial charge is 0.508 e. The van der Waals surface area contributed by atoms with Gasteiger partial charge in [-0.1, -0.05) is 55.3 Å². The second-order valence-electron chi connectivity index (χ2n) is 15.4. The zero-order chi connectivity index (χ0) is 35.4. The number of phenols is 1. The van der Waals surface area contributed by atoms with Crippen LogP contribution in [0, 0.1) is 11.8 Å². The number of carbonyl (C=O) groups excluding carboxylic acids is 1. The highest BCUT2D eigenvalue weighted by atomic mass is 16.5. The maximum Gasteiger partial charge on any atom is 0.262 e. The summed E-state index contributed by atoms with van der Waals surface area (Å²) in [6.45, 7) is 7.48. The zero-order valence-corrected chi connectivity index (χ0v) is 29.8. The average molecular weight is 701 g/mol. The Morgan fingerprint density at radius 3 is 2.53 bits per heavy atom. The minimum absolute atomic E-state index is 0.0468. The van der Waals surface area contributed by atoms with E-state index in [0.29, 0.717) is 36.1 Å². The van der Waals surface area contributed by atoms with Gasteiger partial charge in [0.25, 0.3) is 5.91 Å². The quantitative estimate of drug-likeness (QED) is 0.139. The number of aromatic hydroxyl groups is 1. The van der Waals surface area contributed by atoms with Gasteiger partial charge in [0, 0.05) is 43.0 Å².